The quantitative estimate of drug-likeness (QED) is 0.464. The maximum Gasteiger partial charge on any atom is 0.317 e. The molecular formula is C5H8N2O2. The standard InChI is InChI=1S/C5H8N2O2/c1-7-3-4(8)2-6-5(7)9/h2-3H2,1H3,(H,6,9). The Morgan fingerprint density at radius 3 is 2.67 bits per heavy atom. The molecule has 0 aromatic heterocycles. The second-order valence-electron chi connectivity index (χ2n) is 2.05. The number of nitrogens with zero attached hydrogens (tertiary/aromatic N) is 1. The van der Waals surface area contributed by atoms with E-state index >= 15 is 0 Å². The zero-order chi connectivity index (χ0) is 6.85. The van der Waals surface area contributed by atoms with Crippen LogP contribution in [0.15, 0.2) is 0 Å². The van der Waals surface area contributed by atoms with Crippen molar-refractivity contribution in [3.8, 4) is 0 Å². The van der Waals surface area contributed by atoms with Gasteiger partial charge in [0.1, 0.15) is 0 Å². The highest BCUT2D eigenvalue weighted by Gasteiger charge is 2.18. The monoisotopic (exact) mass is 128 g/mol. The summed E-state index contributed by atoms with van der Waals surface area (Å²) in [6.45, 7) is 0.426. The van der Waals surface area contributed by atoms with Gasteiger partial charge in [-0.15, -0.1) is 0 Å². The lowest BCUT2D eigenvalue weighted by Crippen LogP contribution is -2.49. The van der Waals surface area contributed by atoms with Crippen LogP contribution in [0.2, 0.25) is 0 Å². The van der Waals surface area contributed by atoms with E-state index in [1.165, 1.54) is 4.90 Å². The molecule has 1 heterocycles. The molecule has 0 saturated carbocycles. The van der Waals surface area contributed by atoms with Gasteiger partial charge in [0.05, 0.1) is 13.1 Å². The minimum Gasteiger partial charge on any atom is -0.331 e. The number of likely N-dealkylation sites (N-methyl/N-ethyl adjacent to an activating group) is 1. The van der Waals surface area contributed by atoms with Crippen molar-refractivity contribution in [3.05, 3.63) is 0 Å². The Morgan fingerprint density at radius 1 is 1.56 bits per heavy atom. The summed E-state index contributed by atoms with van der Waals surface area (Å²) >= 11 is 0. The Bertz CT molecular complexity index is 155. The predicted octanol–water partition coefficient (Wildman–Crippen LogP) is -0.789. The molecule has 0 bridgehead atoms. The molecule has 0 radical (unpaired) electrons. The van der Waals surface area contributed by atoms with Crippen molar-refractivity contribution >= 4 is 11.8 Å². The summed E-state index contributed by atoms with van der Waals surface area (Å²) in [6.07, 6.45) is 0. The summed E-state index contributed by atoms with van der Waals surface area (Å²) in [5.41, 5.74) is 0. The van der Waals surface area contributed by atoms with Crippen LogP contribution in [-0.4, -0.2) is 36.9 Å². The molecule has 4 nitrogen and oxygen atoms in total. The van der Waals surface area contributed by atoms with Crippen LogP contribution in [0.5, 0.6) is 0 Å². The zero-order valence-corrected chi connectivity index (χ0v) is 5.18. The fraction of sp³-hybridized carbons (Fsp3) is 0.600. The number of carbonyl (C=O) groups is 2. The molecule has 2 amide bonds. The molecule has 9 heavy (non-hydrogen) atoms. The maximum atomic E-state index is 10.6. The summed E-state index contributed by atoms with van der Waals surface area (Å²) in [6, 6.07) is -0.172. The van der Waals surface area contributed by atoms with E-state index in [0.29, 0.717) is 0 Å². The van der Waals surface area contributed by atoms with Crippen molar-refractivity contribution in [2.75, 3.05) is 20.1 Å². The highest BCUT2D eigenvalue weighted by Crippen LogP contribution is 1.89. The second kappa shape index (κ2) is 2.05. The number of rotatable bonds is 0. The van der Waals surface area contributed by atoms with Crippen LogP contribution < -0.4 is 5.32 Å². The van der Waals surface area contributed by atoms with E-state index in [4.69, 9.17) is 0 Å². The number of Topliss-reactive ketones (excluding diaryl/α,β-unsaturated/α-hetero) is 1. The van der Waals surface area contributed by atoms with Gasteiger partial charge in [-0.25, -0.2) is 4.79 Å². The van der Waals surface area contributed by atoms with Crippen molar-refractivity contribution in [1.82, 2.24) is 10.2 Å². The molecule has 4 heteroatoms. The molecule has 0 spiro atoms. The van der Waals surface area contributed by atoms with E-state index in [-0.39, 0.29) is 24.9 Å². The third-order valence-corrected chi connectivity index (χ3v) is 1.20. The van der Waals surface area contributed by atoms with Gasteiger partial charge in [0.15, 0.2) is 5.78 Å². The molecule has 1 N–H and O–H groups in total. The van der Waals surface area contributed by atoms with Gasteiger partial charge in [-0.05, 0) is 0 Å². The van der Waals surface area contributed by atoms with Gasteiger partial charge in [0, 0.05) is 7.05 Å². The Hall–Kier alpha value is -1.06. The van der Waals surface area contributed by atoms with Crippen molar-refractivity contribution in [1.29, 1.82) is 0 Å². The minimum absolute atomic E-state index is 0.0529. The molecule has 1 aliphatic rings. The highest BCUT2D eigenvalue weighted by atomic mass is 16.2. The van der Waals surface area contributed by atoms with Gasteiger partial charge in [-0.1, -0.05) is 0 Å². The lowest BCUT2D eigenvalue weighted by atomic mass is 10.3. The van der Waals surface area contributed by atoms with Crippen LogP contribution in [0.25, 0.3) is 0 Å². The average Bonchev–Trinajstić information content (AvgIpc) is 1.80. The smallest absolute Gasteiger partial charge is 0.317 e. The third kappa shape index (κ3) is 1.19. The number of hydrogen-bond donors (Lipinski definition) is 1. The number of hydrogen-bond acceptors (Lipinski definition) is 2. The third-order valence-electron chi connectivity index (χ3n) is 1.20. The summed E-state index contributed by atoms with van der Waals surface area (Å²) in [5.74, 6) is 0.0529. The normalized spacial score (nSPS) is 19.9. The number of amides is 2. The van der Waals surface area contributed by atoms with Crippen molar-refractivity contribution in [3.63, 3.8) is 0 Å². The first kappa shape index (κ1) is 6.07. The predicted molar refractivity (Wildman–Crippen MR) is 31.0 cm³/mol. The molecule has 0 atom stereocenters. The fourth-order valence-corrected chi connectivity index (χ4v) is 0.701. The molecule has 0 unspecified atom stereocenters. The van der Waals surface area contributed by atoms with Crippen molar-refractivity contribution in [2.45, 2.75) is 0 Å². The van der Waals surface area contributed by atoms with Gasteiger partial charge < -0.3 is 10.2 Å². The average molecular weight is 128 g/mol. The van der Waals surface area contributed by atoms with Crippen LogP contribution in [-0.2, 0) is 4.79 Å². The van der Waals surface area contributed by atoms with Gasteiger partial charge in [-0.2, -0.15) is 0 Å². The van der Waals surface area contributed by atoms with Gasteiger partial charge in [0.2, 0.25) is 0 Å². The molecule has 0 aromatic carbocycles. The van der Waals surface area contributed by atoms with Crippen molar-refractivity contribution in [2.24, 2.45) is 0 Å². The maximum absolute atomic E-state index is 10.6. The topological polar surface area (TPSA) is 49.4 Å². The molecule has 1 saturated heterocycles. The van der Waals surface area contributed by atoms with E-state index < -0.39 is 0 Å². The number of urea groups is 1. The van der Waals surface area contributed by atoms with Gasteiger partial charge >= 0.3 is 6.03 Å². The van der Waals surface area contributed by atoms with Crippen LogP contribution >= 0.6 is 0 Å². The molecule has 1 aliphatic heterocycles. The van der Waals surface area contributed by atoms with E-state index in [1.54, 1.807) is 7.05 Å². The van der Waals surface area contributed by atoms with Crippen LogP contribution in [0.1, 0.15) is 0 Å². The van der Waals surface area contributed by atoms with E-state index in [0.717, 1.165) is 0 Å². The summed E-state index contributed by atoms with van der Waals surface area (Å²) in [7, 11) is 1.59. The zero-order valence-electron chi connectivity index (χ0n) is 5.18. The summed E-state index contributed by atoms with van der Waals surface area (Å²) in [5, 5.41) is 2.42. The number of carbonyl (C=O) groups excluding carboxylic acids is 2. The highest BCUT2D eigenvalue weighted by molar-refractivity contribution is 5.92. The fourth-order valence-electron chi connectivity index (χ4n) is 0.701. The molecule has 1 rings (SSSR count). The molecular weight excluding hydrogens is 120 g/mol. The molecule has 0 aromatic rings. The second-order valence-corrected chi connectivity index (χ2v) is 2.05. The first-order valence-electron chi connectivity index (χ1n) is 2.71. The largest absolute Gasteiger partial charge is 0.331 e. The molecule has 1 fully saturated rings. The van der Waals surface area contributed by atoms with E-state index in [2.05, 4.69) is 5.32 Å². The minimum atomic E-state index is -0.172. The lowest BCUT2D eigenvalue weighted by molar-refractivity contribution is -0.119. The Morgan fingerprint density at radius 2 is 2.22 bits per heavy atom. The van der Waals surface area contributed by atoms with Crippen LogP contribution in [0, 0.1) is 0 Å². The molecule has 50 valence electrons. The summed E-state index contributed by atoms with van der Waals surface area (Å²) in [4.78, 5) is 22.5. The SMILES string of the molecule is CN1CC(=O)CNC1=O. The molecule has 0 aliphatic carbocycles. The Kier molecular flexibility index (Phi) is 1.38. The lowest BCUT2D eigenvalue weighted by Gasteiger charge is -2.21. The van der Waals surface area contributed by atoms with E-state index in [9.17, 15) is 9.59 Å². The van der Waals surface area contributed by atoms with Gasteiger partial charge in [-0.3, -0.25) is 4.79 Å². The number of ketones is 1. The Labute approximate surface area is 52.8 Å². The summed E-state index contributed by atoms with van der Waals surface area (Å²) < 4.78 is 0. The van der Waals surface area contributed by atoms with E-state index in [1.807, 2.05) is 0 Å². The van der Waals surface area contributed by atoms with Crippen molar-refractivity contribution < 1.29 is 9.59 Å². The Balaban J connectivity index is 2.54. The van der Waals surface area contributed by atoms with Crippen LogP contribution in [0.3, 0.4) is 0 Å². The van der Waals surface area contributed by atoms with Gasteiger partial charge in [0.25, 0.3) is 0 Å². The first-order chi connectivity index (χ1) is 4.20. The number of nitrogens with one attached hydrogen (secondary N) is 1. The van der Waals surface area contributed by atoms with Crippen LogP contribution in [0.4, 0.5) is 4.79 Å². The first-order valence-corrected chi connectivity index (χ1v) is 2.71.